The third-order valence-corrected chi connectivity index (χ3v) is 10.7. The zero-order valence-corrected chi connectivity index (χ0v) is 17.0. The zero-order chi connectivity index (χ0) is 18.8. The van der Waals surface area contributed by atoms with Gasteiger partial charge in [0.2, 0.25) is 0 Å². The van der Waals surface area contributed by atoms with E-state index in [0.29, 0.717) is 53.6 Å². The van der Waals surface area contributed by atoms with Gasteiger partial charge in [0, 0.05) is 17.8 Å². The lowest BCUT2D eigenvalue weighted by Crippen LogP contribution is -2.64. The number of fused-ring (bicyclic) bond motifs is 8. The van der Waals surface area contributed by atoms with Crippen LogP contribution in [0, 0.1) is 58.2 Å². The highest BCUT2D eigenvalue weighted by atomic mass is 16.3. The van der Waals surface area contributed by atoms with Gasteiger partial charge in [-0.15, -0.1) is 0 Å². The quantitative estimate of drug-likeness (QED) is 0.693. The molecule has 0 aromatic carbocycles. The van der Waals surface area contributed by atoms with E-state index in [1.165, 1.54) is 0 Å². The molecule has 2 N–H and O–H groups in total. The fourth-order valence-corrected chi connectivity index (χ4v) is 9.27. The predicted octanol–water partition coefficient (Wildman–Crippen LogP) is 3.67. The van der Waals surface area contributed by atoms with Crippen molar-refractivity contribution in [1.82, 2.24) is 0 Å². The van der Waals surface area contributed by atoms with E-state index in [0.717, 1.165) is 25.7 Å². The van der Waals surface area contributed by atoms with Crippen molar-refractivity contribution in [2.45, 2.75) is 78.4 Å². The molecular formula is C23H36O3. The number of aliphatic hydroxyl groups excluding tert-OH is 1. The third-order valence-electron chi connectivity index (χ3n) is 10.7. The van der Waals surface area contributed by atoms with E-state index in [2.05, 4.69) is 34.6 Å². The number of hydrogen-bond acceptors (Lipinski definition) is 3. The van der Waals surface area contributed by atoms with E-state index < -0.39 is 5.60 Å². The number of carbonyl (C=O) groups excluding carboxylic acids is 1. The molecule has 146 valence electrons. The van der Waals surface area contributed by atoms with Gasteiger partial charge < -0.3 is 10.2 Å². The minimum Gasteiger partial charge on any atom is -0.393 e. The Labute approximate surface area is 157 Å². The fourth-order valence-electron chi connectivity index (χ4n) is 9.27. The summed E-state index contributed by atoms with van der Waals surface area (Å²) < 4.78 is 0. The molecule has 0 saturated heterocycles. The number of rotatable bonds is 0. The topological polar surface area (TPSA) is 57.5 Å². The molecule has 0 radical (unpaired) electrons. The first-order chi connectivity index (χ1) is 12.1. The molecular weight excluding hydrogens is 324 g/mol. The summed E-state index contributed by atoms with van der Waals surface area (Å²) in [7, 11) is 0. The smallest absolute Gasteiger partial charge is 0.142 e. The number of Topliss-reactive ketones (excluding diaryl/α,β-unsaturated/α-hetero) is 1. The van der Waals surface area contributed by atoms with Crippen molar-refractivity contribution in [3.8, 4) is 0 Å². The van der Waals surface area contributed by atoms with Crippen molar-refractivity contribution < 1.29 is 15.0 Å². The van der Waals surface area contributed by atoms with Gasteiger partial charge in [0.15, 0.2) is 0 Å². The molecule has 0 aromatic rings. The molecule has 5 aliphatic carbocycles. The Morgan fingerprint density at radius 1 is 0.962 bits per heavy atom. The summed E-state index contributed by atoms with van der Waals surface area (Å²) in [6, 6.07) is 0. The van der Waals surface area contributed by atoms with Crippen LogP contribution in [0.25, 0.3) is 0 Å². The Hall–Kier alpha value is -0.410. The van der Waals surface area contributed by atoms with Gasteiger partial charge in [0.25, 0.3) is 0 Å². The molecule has 0 bridgehead atoms. The molecule has 5 rings (SSSR count). The molecule has 0 amide bonds. The van der Waals surface area contributed by atoms with Crippen molar-refractivity contribution >= 4 is 5.78 Å². The Morgan fingerprint density at radius 3 is 2.35 bits per heavy atom. The molecule has 5 aliphatic rings. The van der Waals surface area contributed by atoms with Crippen molar-refractivity contribution in [2.75, 3.05) is 0 Å². The van der Waals surface area contributed by atoms with Gasteiger partial charge in [0.1, 0.15) is 5.78 Å². The first-order valence-corrected chi connectivity index (χ1v) is 11.0. The lowest BCUT2D eigenvalue weighted by molar-refractivity contribution is -0.226. The van der Waals surface area contributed by atoms with E-state index in [4.69, 9.17) is 0 Å². The summed E-state index contributed by atoms with van der Waals surface area (Å²) in [5, 5.41) is 22.2. The molecule has 6 unspecified atom stereocenters. The van der Waals surface area contributed by atoms with Crippen LogP contribution in [0.4, 0.5) is 0 Å². The number of hydrogen-bond donors (Lipinski definition) is 2. The Balaban J connectivity index is 1.62. The van der Waals surface area contributed by atoms with E-state index in [-0.39, 0.29) is 22.9 Å². The lowest BCUT2D eigenvalue weighted by atomic mass is 9.43. The van der Waals surface area contributed by atoms with E-state index in [1.54, 1.807) is 0 Å². The van der Waals surface area contributed by atoms with Crippen LogP contribution in [-0.4, -0.2) is 27.7 Å². The monoisotopic (exact) mass is 360 g/mol. The highest BCUT2D eigenvalue weighted by Gasteiger charge is 2.78. The highest BCUT2D eigenvalue weighted by molar-refractivity contribution is 5.89. The molecule has 0 aliphatic heterocycles. The van der Waals surface area contributed by atoms with Gasteiger partial charge in [-0.05, 0) is 72.5 Å². The molecule has 5 fully saturated rings. The summed E-state index contributed by atoms with van der Waals surface area (Å²) in [5.74, 6) is 4.11. The average Bonchev–Trinajstić information content (AvgIpc) is 3.23. The van der Waals surface area contributed by atoms with Gasteiger partial charge in [-0.25, -0.2) is 0 Å². The molecule has 26 heavy (non-hydrogen) atoms. The summed E-state index contributed by atoms with van der Waals surface area (Å²) in [6.07, 6.45) is 4.04. The minimum atomic E-state index is -0.707. The maximum atomic E-state index is 13.1. The second-order valence-electron chi connectivity index (χ2n) is 11.4. The average molecular weight is 361 g/mol. The van der Waals surface area contributed by atoms with Gasteiger partial charge in [-0.1, -0.05) is 34.6 Å². The van der Waals surface area contributed by atoms with Crippen molar-refractivity contribution in [3.63, 3.8) is 0 Å². The Bertz CT molecular complexity index is 660. The van der Waals surface area contributed by atoms with Gasteiger partial charge in [0.05, 0.1) is 11.7 Å². The van der Waals surface area contributed by atoms with Crippen LogP contribution in [0.5, 0.6) is 0 Å². The SMILES string of the molecule is C[C@@H]1C2C3C(CC[C@]4(C)C(=O)[C@@H](C)[C@@H](C)C34)C3(C)CC[C@H](O)C[C@@]3(O)C21. The first-order valence-electron chi connectivity index (χ1n) is 11.0. The van der Waals surface area contributed by atoms with Crippen LogP contribution >= 0.6 is 0 Å². The Kier molecular flexibility index (Phi) is 3.36. The molecule has 0 spiro atoms. The maximum Gasteiger partial charge on any atom is 0.142 e. The molecule has 12 atom stereocenters. The first kappa shape index (κ1) is 17.7. The summed E-state index contributed by atoms with van der Waals surface area (Å²) >= 11 is 0. The maximum absolute atomic E-state index is 13.1. The molecule has 3 nitrogen and oxygen atoms in total. The fraction of sp³-hybridized carbons (Fsp3) is 0.957. The van der Waals surface area contributed by atoms with Crippen LogP contribution in [0.15, 0.2) is 0 Å². The van der Waals surface area contributed by atoms with E-state index in [9.17, 15) is 15.0 Å². The largest absolute Gasteiger partial charge is 0.393 e. The second-order valence-corrected chi connectivity index (χ2v) is 11.4. The second kappa shape index (κ2) is 4.95. The van der Waals surface area contributed by atoms with Crippen molar-refractivity contribution in [2.24, 2.45) is 58.2 Å². The normalized spacial score (nSPS) is 66.4. The van der Waals surface area contributed by atoms with Gasteiger partial charge in [-0.2, -0.15) is 0 Å². The van der Waals surface area contributed by atoms with Crippen LogP contribution in [0.2, 0.25) is 0 Å². The minimum absolute atomic E-state index is 0.0985. The van der Waals surface area contributed by atoms with Gasteiger partial charge in [-0.3, -0.25) is 4.79 Å². The standard InChI is InChI=1S/C23H36O3/c1-11-12(2)20(25)21(4)8-7-15-17(18(11)21)16-13(3)19(16)23(26)10-14(24)6-9-22(15,23)5/h11-19,24,26H,6-10H2,1-5H3/t11-,12+,13-,14+,15?,16?,17?,18?,19?,21+,22?,23-/m1/s1. The van der Waals surface area contributed by atoms with Crippen LogP contribution in [0.3, 0.4) is 0 Å². The van der Waals surface area contributed by atoms with Crippen molar-refractivity contribution in [1.29, 1.82) is 0 Å². The van der Waals surface area contributed by atoms with Crippen LogP contribution < -0.4 is 0 Å². The number of aliphatic hydroxyl groups is 2. The predicted molar refractivity (Wildman–Crippen MR) is 100 cm³/mol. The number of ketones is 1. The zero-order valence-electron chi connectivity index (χ0n) is 17.0. The molecule has 5 saturated carbocycles. The third kappa shape index (κ3) is 1.72. The van der Waals surface area contributed by atoms with Crippen LogP contribution in [-0.2, 0) is 4.79 Å². The molecule has 3 heteroatoms. The van der Waals surface area contributed by atoms with Gasteiger partial charge >= 0.3 is 0 Å². The van der Waals surface area contributed by atoms with E-state index in [1.807, 2.05) is 0 Å². The summed E-state index contributed by atoms with van der Waals surface area (Å²) in [6.45, 7) is 11.4. The molecule has 0 aromatic heterocycles. The highest BCUT2D eigenvalue weighted by Crippen LogP contribution is 2.78. The summed E-state index contributed by atoms with van der Waals surface area (Å²) in [4.78, 5) is 13.1. The van der Waals surface area contributed by atoms with Crippen LogP contribution in [0.1, 0.15) is 66.7 Å². The van der Waals surface area contributed by atoms with E-state index >= 15 is 0 Å². The van der Waals surface area contributed by atoms with Crippen molar-refractivity contribution in [3.05, 3.63) is 0 Å². The Morgan fingerprint density at radius 2 is 1.65 bits per heavy atom. The molecule has 0 heterocycles. The lowest BCUT2D eigenvalue weighted by Gasteiger charge is -2.63. The summed E-state index contributed by atoms with van der Waals surface area (Å²) in [5.41, 5.74) is -0.952. The number of carbonyl (C=O) groups is 1.